The number of benzene rings is 1. The van der Waals surface area contributed by atoms with Gasteiger partial charge in [0.2, 0.25) is 11.3 Å². The lowest BCUT2D eigenvalue weighted by atomic mass is 10.2. The minimum absolute atomic E-state index is 0.0107. The molecule has 4 nitrogen and oxygen atoms in total. The third-order valence-corrected chi connectivity index (χ3v) is 2.47. The quantitative estimate of drug-likeness (QED) is 0.893. The highest BCUT2D eigenvalue weighted by Gasteiger charge is 2.09. The second kappa shape index (κ2) is 5.19. The Bertz CT molecular complexity index is 639. The van der Waals surface area contributed by atoms with Crippen LogP contribution in [0.4, 0.5) is 0 Å². The van der Waals surface area contributed by atoms with E-state index in [2.05, 4.69) is 4.98 Å². The van der Waals surface area contributed by atoms with Gasteiger partial charge in [-0.2, -0.15) is 5.26 Å². The maximum atomic E-state index is 11.6. The van der Waals surface area contributed by atoms with Gasteiger partial charge in [-0.15, -0.1) is 0 Å². The van der Waals surface area contributed by atoms with E-state index in [9.17, 15) is 4.79 Å². The molecule has 90 valence electrons. The van der Waals surface area contributed by atoms with E-state index in [1.165, 1.54) is 6.07 Å². The third kappa shape index (κ3) is 2.58. The molecule has 0 saturated carbocycles. The van der Waals surface area contributed by atoms with Crippen LogP contribution in [-0.4, -0.2) is 4.98 Å². The van der Waals surface area contributed by atoms with Gasteiger partial charge < -0.3 is 9.72 Å². The van der Waals surface area contributed by atoms with E-state index in [0.29, 0.717) is 12.3 Å². The molecule has 4 heteroatoms. The van der Waals surface area contributed by atoms with Crippen LogP contribution in [0.15, 0.2) is 41.2 Å². The first-order valence-corrected chi connectivity index (χ1v) is 5.51. The van der Waals surface area contributed by atoms with Crippen molar-refractivity contribution >= 4 is 0 Å². The first kappa shape index (κ1) is 11.9. The van der Waals surface area contributed by atoms with E-state index < -0.39 is 0 Å². The maximum Gasteiger partial charge on any atom is 0.213 e. The summed E-state index contributed by atoms with van der Waals surface area (Å²) in [6.07, 6.45) is 0. The maximum absolute atomic E-state index is 11.6. The van der Waals surface area contributed by atoms with Crippen LogP contribution in [0, 0.1) is 18.3 Å². The average molecular weight is 240 g/mol. The predicted octanol–water partition coefficient (Wildman–Crippen LogP) is 2.13. The van der Waals surface area contributed by atoms with Crippen LogP contribution in [0.2, 0.25) is 0 Å². The fourth-order valence-corrected chi connectivity index (χ4v) is 1.60. The molecule has 0 fully saturated rings. The molecule has 2 rings (SSSR count). The number of aromatic nitrogens is 1. The summed E-state index contributed by atoms with van der Waals surface area (Å²) in [5, 5.41) is 8.94. The number of rotatable bonds is 3. The number of ether oxygens (including phenoxy) is 1. The van der Waals surface area contributed by atoms with E-state index in [1.54, 1.807) is 6.92 Å². The first-order chi connectivity index (χ1) is 8.70. The number of nitriles is 1. The lowest BCUT2D eigenvalue weighted by molar-refractivity contribution is 0.292. The van der Waals surface area contributed by atoms with Crippen molar-refractivity contribution in [2.45, 2.75) is 13.5 Å². The number of H-pyrrole nitrogens is 1. The van der Waals surface area contributed by atoms with Gasteiger partial charge in [-0.1, -0.05) is 30.3 Å². The summed E-state index contributed by atoms with van der Waals surface area (Å²) >= 11 is 0. The van der Waals surface area contributed by atoms with Gasteiger partial charge in [0.05, 0.1) is 0 Å². The normalized spacial score (nSPS) is 9.78. The Morgan fingerprint density at radius 1 is 1.33 bits per heavy atom. The molecule has 18 heavy (non-hydrogen) atoms. The molecule has 0 bridgehead atoms. The van der Waals surface area contributed by atoms with Crippen LogP contribution in [-0.2, 0) is 6.61 Å². The highest BCUT2D eigenvalue weighted by atomic mass is 16.5. The van der Waals surface area contributed by atoms with Crippen molar-refractivity contribution in [1.82, 2.24) is 4.98 Å². The number of hydrogen-bond acceptors (Lipinski definition) is 3. The highest BCUT2D eigenvalue weighted by molar-refractivity contribution is 5.38. The lowest BCUT2D eigenvalue weighted by Crippen LogP contribution is -2.11. The summed E-state index contributed by atoms with van der Waals surface area (Å²) in [4.78, 5) is 14.5. The van der Waals surface area contributed by atoms with E-state index in [0.717, 1.165) is 5.56 Å². The van der Waals surface area contributed by atoms with Crippen LogP contribution < -0.4 is 10.2 Å². The van der Waals surface area contributed by atoms with Crippen LogP contribution in [0.5, 0.6) is 5.88 Å². The molecule has 0 aliphatic rings. The molecule has 0 aliphatic heterocycles. The van der Waals surface area contributed by atoms with E-state index >= 15 is 0 Å². The van der Waals surface area contributed by atoms with Crippen molar-refractivity contribution in [3.63, 3.8) is 0 Å². The van der Waals surface area contributed by atoms with Crippen molar-refractivity contribution in [3.05, 3.63) is 63.4 Å². The Hall–Kier alpha value is -2.54. The Balaban J connectivity index is 2.25. The monoisotopic (exact) mass is 240 g/mol. The van der Waals surface area contributed by atoms with Gasteiger partial charge in [0.25, 0.3) is 0 Å². The lowest BCUT2D eigenvalue weighted by Gasteiger charge is -2.08. The zero-order chi connectivity index (χ0) is 13.0. The summed E-state index contributed by atoms with van der Waals surface area (Å²) in [7, 11) is 0. The Morgan fingerprint density at radius 2 is 2.06 bits per heavy atom. The molecular weight excluding hydrogens is 228 g/mol. The third-order valence-electron chi connectivity index (χ3n) is 2.47. The van der Waals surface area contributed by atoms with Gasteiger partial charge >= 0.3 is 0 Å². The molecule has 1 heterocycles. The summed E-state index contributed by atoms with van der Waals surface area (Å²) in [6, 6.07) is 12.8. The predicted molar refractivity (Wildman–Crippen MR) is 67.3 cm³/mol. The largest absolute Gasteiger partial charge is 0.473 e. The van der Waals surface area contributed by atoms with Crippen molar-refractivity contribution in [2.75, 3.05) is 0 Å². The molecule has 0 radical (unpaired) electrons. The van der Waals surface area contributed by atoms with Crippen molar-refractivity contribution in [2.24, 2.45) is 0 Å². The molecule has 0 saturated heterocycles. The summed E-state index contributed by atoms with van der Waals surface area (Å²) in [6.45, 7) is 2.06. The average Bonchev–Trinajstić information content (AvgIpc) is 2.37. The van der Waals surface area contributed by atoms with Crippen LogP contribution in [0.1, 0.15) is 16.8 Å². The second-order valence-electron chi connectivity index (χ2n) is 3.91. The molecule has 0 spiro atoms. The molecule has 1 aromatic carbocycles. The molecule has 0 aliphatic carbocycles. The highest BCUT2D eigenvalue weighted by Crippen LogP contribution is 2.13. The molecule has 0 atom stereocenters. The van der Waals surface area contributed by atoms with Crippen molar-refractivity contribution < 1.29 is 4.74 Å². The van der Waals surface area contributed by atoms with Crippen LogP contribution in [0.25, 0.3) is 0 Å². The molecular formula is C14H12N2O2. The Labute approximate surface area is 104 Å². The molecule has 2 aromatic rings. The molecule has 0 amide bonds. The number of nitrogens with one attached hydrogen (secondary N) is 1. The number of pyridine rings is 1. The second-order valence-corrected chi connectivity index (χ2v) is 3.91. The summed E-state index contributed by atoms with van der Waals surface area (Å²) in [5.41, 5.74) is 1.33. The van der Waals surface area contributed by atoms with Crippen molar-refractivity contribution in [1.29, 1.82) is 5.26 Å². The summed E-state index contributed by atoms with van der Waals surface area (Å²) in [5.74, 6) is 0.228. The van der Waals surface area contributed by atoms with Crippen LogP contribution >= 0.6 is 0 Å². The number of aryl methyl sites for hydroxylation is 1. The van der Waals surface area contributed by atoms with Gasteiger partial charge in [-0.3, -0.25) is 4.79 Å². The fraction of sp³-hybridized carbons (Fsp3) is 0.143. The molecule has 1 aromatic heterocycles. The Kier molecular flexibility index (Phi) is 3.44. The minimum Gasteiger partial charge on any atom is -0.473 e. The summed E-state index contributed by atoms with van der Waals surface area (Å²) < 4.78 is 5.50. The topological polar surface area (TPSA) is 65.9 Å². The van der Waals surface area contributed by atoms with Gasteiger partial charge in [0, 0.05) is 11.8 Å². The Morgan fingerprint density at radius 3 is 2.72 bits per heavy atom. The fourth-order valence-electron chi connectivity index (χ4n) is 1.60. The van der Waals surface area contributed by atoms with Crippen LogP contribution in [0.3, 0.4) is 0 Å². The standard InChI is InChI=1S/C14H12N2O2/c1-10-7-13(17)12(8-15)14(16-10)18-9-11-5-3-2-4-6-11/h2-7H,9H2,1H3,(H,16,17). The number of aromatic amines is 1. The molecule has 1 N–H and O–H groups in total. The zero-order valence-electron chi connectivity index (χ0n) is 9.93. The minimum atomic E-state index is -0.322. The van der Waals surface area contributed by atoms with Gasteiger partial charge in [-0.05, 0) is 12.5 Å². The van der Waals surface area contributed by atoms with E-state index in [-0.39, 0.29) is 16.9 Å². The smallest absolute Gasteiger partial charge is 0.213 e. The number of nitrogens with zero attached hydrogens (tertiary/aromatic N) is 1. The van der Waals surface area contributed by atoms with Crippen molar-refractivity contribution in [3.8, 4) is 11.9 Å². The number of hydrogen-bond donors (Lipinski definition) is 1. The first-order valence-electron chi connectivity index (χ1n) is 5.51. The van der Waals surface area contributed by atoms with Gasteiger partial charge in [0.1, 0.15) is 12.7 Å². The van der Waals surface area contributed by atoms with Gasteiger partial charge in [-0.25, -0.2) is 0 Å². The van der Waals surface area contributed by atoms with E-state index in [4.69, 9.17) is 10.00 Å². The molecule has 0 unspecified atom stereocenters. The SMILES string of the molecule is Cc1cc(=O)c(C#N)c(OCc2ccccc2)[nH]1. The van der Waals surface area contributed by atoms with E-state index in [1.807, 2.05) is 36.4 Å². The zero-order valence-corrected chi connectivity index (χ0v) is 9.93. The van der Waals surface area contributed by atoms with Gasteiger partial charge in [0.15, 0.2) is 5.56 Å².